The molecule has 1 amide bonds. The molecule has 26 heavy (non-hydrogen) atoms. The lowest BCUT2D eigenvalue weighted by atomic mass is 10.2. The van der Waals surface area contributed by atoms with E-state index in [1.807, 2.05) is 25.8 Å². The van der Waals surface area contributed by atoms with E-state index in [9.17, 15) is 4.79 Å². The van der Waals surface area contributed by atoms with Crippen molar-refractivity contribution in [3.63, 3.8) is 0 Å². The lowest BCUT2D eigenvalue weighted by Crippen LogP contribution is -2.48. The van der Waals surface area contributed by atoms with E-state index in [4.69, 9.17) is 9.26 Å². The summed E-state index contributed by atoms with van der Waals surface area (Å²) in [6, 6.07) is 0. The highest BCUT2D eigenvalue weighted by molar-refractivity contribution is 5.85. The Hall–Kier alpha value is -0.930. The van der Waals surface area contributed by atoms with Gasteiger partial charge in [-0.15, -0.1) is 24.8 Å². The highest BCUT2D eigenvalue weighted by Gasteiger charge is 2.22. The molecule has 1 aliphatic heterocycles. The number of carbonyl (C=O) groups excluding carboxylic acids is 1. The van der Waals surface area contributed by atoms with Gasteiger partial charge in [-0.3, -0.25) is 9.69 Å². The van der Waals surface area contributed by atoms with Crippen molar-refractivity contribution in [2.75, 3.05) is 46.4 Å². The van der Waals surface area contributed by atoms with E-state index in [1.54, 1.807) is 0 Å². The van der Waals surface area contributed by atoms with Crippen molar-refractivity contribution >= 4 is 30.7 Å². The van der Waals surface area contributed by atoms with Crippen LogP contribution in [0.5, 0.6) is 0 Å². The van der Waals surface area contributed by atoms with Gasteiger partial charge in [0.1, 0.15) is 6.10 Å². The van der Waals surface area contributed by atoms with Crippen molar-refractivity contribution in [3.05, 3.63) is 11.7 Å². The number of nitrogens with one attached hydrogen (secondary N) is 1. The monoisotopic (exact) mass is 411 g/mol. The number of nitrogens with zero attached hydrogens (tertiary/aromatic N) is 4. The number of aromatic nitrogens is 2. The van der Waals surface area contributed by atoms with Gasteiger partial charge in [-0.1, -0.05) is 5.16 Å². The second-order valence-electron chi connectivity index (χ2n) is 6.01. The van der Waals surface area contributed by atoms with Gasteiger partial charge >= 0.3 is 0 Å². The summed E-state index contributed by atoms with van der Waals surface area (Å²) in [7, 11) is 1.90. The molecule has 1 saturated heterocycles. The van der Waals surface area contributed by atoms with Crippen LogP contribution in [0.2, 0.25) is 0 Å². The maximum absolute atomic E-state index is 12.1. The largest absolute Gasteiger partial charge is 0.371 e. The van der Waals surface area contributed by atoms with Crippen LogP contribution in [0.15, 0.2) is 4.52 Å². The normalized spacial score (nSPS) is 15.9. The summed E-state index contributed by atoms with van der Waals surface area (Å²) in [6.45, 7) is 9.15. The first-order valence-corrected chi connectivity index (χ1v) is 8.72. The Balaban J connectivity index is 0.00000312. The molecule has 0 spiro atoms. The summed E-state index contributed by atoms with van der Waals surface area (Å²) in [5.41, 5.74) is 0. The zero-order valence-electron chi connectivity index (χ0n) is 15.8. The van der Waals surface area contributed by atoms with Crippen LogP contribution in [-0.4, -0.2) is 72.2 Å². The minimum Gasteiger partial charge on any atom is -0.371 e. The molecule has 1 unspecified atom stereocenters. The van der Waals surface area contributed by atoms with Gasteiger partial charge in [-0.05, 0) is 33.9 Å². The molecular weight excluding hydrogens is 381 g/mol. The maximum Gasteiger partial charge on any atom is 0.240 e. The van der Waals surface area contributed by atoms with Crippen LogP contribution in [0, 0.1) is 0 Å². The van der Waals surface area contributed by atoms with Gasteiger partial charge in [-0.2, -0.15) is 4.98 Å². The Morgan fingerprint density at radius 1 is 1.31 bits per heavy atom. The molecular formula is C16H31Cl2N5O3. The summed E-state index contributed by atoms with van der Waals surface area (Å²) in [4.78, 5) is 20.7. The van der Waals surface area contributed by atoms with Crippen molar-refractivity contribution in [1.29, 1.82) is 0 Å². The van der Waals surface area contributed by atoms with Crippen LogP contribution in [0.25, 0.3) is 0 Å². The molecule has 10 heteroatoms. The Morgan fingerprint density at radius 3 is 2.62 bits per heavy atom. The van der Waals surface area contributed by atoms with E-state index < -0.39 is 0 Å². The van der Waals surface area contributed by atoms with Gasteiger partial charge in [0.05, 0.1) is 6.54 Å². The van der Waals surface area contributed by atoms with E-state index >= 15 is 0 Å². The van der Waals surface area contributed by atoms with Crippen molar-refractivity contribution < 1.29 is 14.1 Å². The van der Waals surface area contributed by atoms with Gasteiger partial charge in [0.2, 0.25) is 11.8 Å². The molecule has 1 aromatic heterocycles. The van der Waals surface area contributed by atoms with Gasteiger partial charge in [0.15, 0.2) is 5.82 Å². The number of piperazine rings is 1. The predicted octanol–water partition coefficient (Wildman–Crippen LogP) is 1.65. The first-order valence-electron chi connectivity index (χ1n) is 8.72. The second kappa shape index (κ2) is 13.3. The highest BCUT2D eigenvalue weighted by atomic mass is 35.5. The molecule has 0 bridgehead atoms. The molecule has 2 rings (SSSR count). The molecule has 1 atom stereocenters. The van der Waals surface area contributed by atoms with Gasteiger partial charge in [0.25, 0.3) is 0 Å². The average molecular weight is 412 g/mol. The number of ether oxygens (including phenoxy) is 1. The molecule has 0 saturated carbocycles. The predicted molar refractivity (Wildman–Crippen MR) is 104 cm³/mol. The molecule has 1 aliphatic rings. The number of amides is 1. The quantitative estimate of drug-likeness (QED) is 0.618. The minimum atomic E-state index is -0.153. The van der Waals surface area contributed by atoms with Crippen molar-refractivity contribution in [2.24, 2.45) is 0 Å². The average Bonchev–Trinajstić information content (AvgIpc) is 3.04. The fourth-order valence-corrected chi connectivity index (χ4v) is 2.74. The molecule has 1 aromatic rings. The van der Waals surface area contributed by atoms with Crippen LogP contribution < -0.4 is 5.32 Å². The maximum atomic E-state index is 12.1. The molecule has 8 nitrogen and oxygen atoms in total. The molecule has 0 aromatic carbocycles. The third-order valence-corrected chi connectivity index (χ3v) is 4.17. The first kappa shape index (κ1) is 25.1. The topological polar surface area (TPSA) is 83.7 Å². The van der Waals surface area contributed by atoms with Crippen molar-refractivity contribution in [3.8, 4) is 0 Å². The molecule has 0 aliphatic carbocycles. The van der Waals surface area contributed by atoms with Crippen molar-refractivity contribution in [1.82, 2.24) is 25.3 Å². The second-order valence-corrected chi connectivity index (χ2v) is 6.01. The van der Waals surface area contributed by atoms with Gasteiger partial charge in [-0.25, -0.2) is 0 Å². The number of hydrogen-bond donors (Lipinski definition) is 1. The fraction of sp³-hybridized carbons (Fsp3) is 0.812. The Morgan fingerprint density at radius 2 is 2.00 bits per heavy atom. The zero-order valence-corrected chi connectivity index (χ0v) is 17.4. The van der Waals surface area contributed by atoms with Crippen LogP contribution in [-0.2, 0) is 16.1 Å². The summed E-state index contributed by atoms with van der Waals surface area (Å²) in [5, 5.41) is 7.04. The van der Waals surface area contributed by atoms with Crippen LogP contribution in [0.1, 0.15) is 44.5 Å². The summed E-state index contributed by atoms with van der Waals surface area (Å²) in [5.74, 6) is 1.44. The Kier molecular flexibility index (Phi) is 12.8. The molecule has 0 radical (unpaired) electrons. The number of carbonyl (C=O) groups is 1. The minimum absolute atomic E-state index is 0. The number of halogens is 2. The number of hydrogen-bond acceptors (Lipinski definition) is 7. The zero-order chi connectivity index (χ0) is 17.4. The Labute approximate surface area is 167 Å². The lowest BCUT2D eigenvalue weighted by Gasteiger charge is -2.34. The summed E-state index contributed by atoms with van der Waals surface area (Å²) in [6.07, 6.45) is 1.35. The van der Waals surface area contributed by atoms with E-state index in [1.165, 1.54) is 0 Å². The Bertz CT molecular complexity index is 510. The van der Waals surface area contributed by atoms with Crippen molar-refractivity contribution in [2.45, 2.75) is 39.3 Å². The van der Waals surface area contributed by atoms with Crippen LogP contribution >= 0.6 is 24.8 Å². The summed E-state index contributed by atoms with van der Waals surface area (Å²) >= 11 is 0. The highest BCUT2D eigenvalue weighted by Crippen LogP contribution is 2.14. The van der Waals surface area contributed by atoms with Crippen LogP contribution in [0.3, 0.4) is 0 Å². The SMILES string of the molecule is CCOC(C)c1noc(CN2CCN(C(=O)CCCNC)CC2)n1.Cl.Cl. The molecule has 1 fully saturated rings. The standard InChI is InChI=1S/C16H29N5O3.2ClH/c1-4-23-13(2)16-18-14(24-19-16)12-20-8-10-21(11-9-20)15(22)6-5-7-17-3;;/h13,17H,4-12H2,1-3H3;2*1H. The van der Waals surface area contributed by atoms with E-state index in [2.05, 4.69) is 20.4 Å². The smallest absolute Gasteiger partial charge is 0.240 e. The molecule has 1 N–H and O–H groups in total. The third kappa shape index (κ3) is 7.75. The third-order valence-electron chi connectivity index (χ3n) is 4.17. The first-order chi connectivity index (χ1) is 11.6. The molecule has 152 valence electrons. The van der Waals surface area contributed by atoms with Gasteiger partial charge < -0.3 is 19.5 Å². The van der Waals surface area contributed by atoms with Gasteiger partial charge in [0, 0.05) is 39.2 Å². The fourth-order valence-electron chi connectivity index (χ4n) is 2.74. The molecule has 2 heterocycles. The lowest BCUT2D eigenvalue weighted by molar-refractivity contribution is -0.133. The number of rotatable bonds is 9. The van der Waals surface area contributed by atoms with E-state index in [0.29, 0.717) is 31.3 Å². The van der Waals surface area contributed by atoms with E-state index in [-0.39, 0.29) is 36.8 Å². The summed E-state index contributed by atoms with van der Waals surface area (Å²) < 4.78 is 10.8. The van der Waals surface area contributed by atoms with E-state index in [0.717, 1.165) is 39.1 Å². The van der Waals surface area contributed by atoms with Crippen LogP contribution in [0.4, 0.5) is 0 Å².